The van der Waals surface area contributed by atoms with Crippen LogP contribution in [0.15, 0.2) is 66.7 Å². The summed E-state index contributed by atoms with van der Waals surface area (Å²) < 4.78 is 11.3. The van der Waals surface area contributed by atoms with Gasteiger partial charge in [0.15, 0.2) is 0 Å². The highest BCUT2D eigenvalue weighted by molar-refractivity contribution is 5.91. The van der Waals surface area contributed by atoms with Gasteiger partial charge in [-0.2, -0.15) is 5.26 Å². The summed E-state index contributed by atoms with van der Waals surface area (Å²) in [4.78, 5) is 12.7. The van der Waals surface area contributed by atoms with E-state index in [2.05, 4.69) is 39.0 Å². The molecule has 0 radical (unpaired) electrons. The van der Waals surface area contributed by atoms with Gasteiger partial charge < -0.3 is 9.47 Å². The maximum Gasteiger partial charge on any atom is 0.343 e. The van der Waals surface area contributed by atoms with Crippen LogP contribution in [0.2, 0.25) is 0 Å². The molecular formula is C34H41NO3. The van der Waals surface area contributed by atoms with Crippen molar-refractivity contribution in [2.45, 2.75) is 84.5 Å². The predicted octanol–water partition coefficient (Wildman–Crippen LogP) is 9.48. The van der Waals surface area contributed by atoms with E-state index < -0.39 is 5.97 Å². The second-order valence-electron chi connectivity index (χ2n) is 10.0. The van der Waals surface area contributed by atoms with Crippen LogP contribution in [0.3, 0.4) is 0 Å². The van der Waals surface area contributed by atoms with Gasteiger partial charge in [-0.05, 0) is 77.9 Å². The van der Waals surface area contributed by atoms with Gasteiger partial charge >= 0.3 is 5.97 Å². The van der Waals surface area contributed by atoms with Crippen LogP contribution in [-0.4, -0.2) is 12.6 Å². The first kappa shape index (κ1) is 29.0. The van der Waals surface area contributed by atoms with Gasteiger partial charge in [0.1, 0.15) is 11.5 Å². The quantitative estimate of drug-likeness (QED) is 0.116. The van der Waals surface area contributed by atoms with E-state index in [9.17, 15) is 10.1 Å². The van der Waals surface area contributed by atoms with Crippen LogP contribution >= 0.6 is 0 Å². The number of unbranched alkanes of at least 4 members (excludes halogenated alkanes) is 6. The Morgan fingerprint density at radius 1 is 0.789 bits per heavy atom. The van der Waals surface area contributed by atoms with Crippen LogP contribution in [0.25, 0.3) is 11.1 Å². The Hall–Kier alpha value is -3.58. The van der Waals surface area contributed by atoms with Crippen molar-refractivity contribution in [2.75, 3.05) is 6.61 Å². The van der Waals surface area contributed by atoms with E-state index >= 15 is 0 Å². The van der Waals surface area contributed by atoms with Crippen LogP contribution in [0, 0.1) is 11.3 Å². The minimum Gasteiger partial charge on any atom is -0.494 e. The fourth-order valence-electron chi connectivity index (χ4n) is 4.58. The number of nitrogens with zero attached hydrogens (tertiary/aromatic N) is 1. The summed E-state index contributed by atoms with van der Waals surface area (Å²) >= 11 is 0. The van der Waals surface area contributed by atoms with Crippen molar-refractivity contribution in [3.8, 4) is 28.7 Å². The largest absolute Gasteiger partial charge is 0.494 e. The second kappa shape index (κ2) is 15.6. The minimum absolute atomic E-state index is 0.360. The van der Waals surface area contributed by atoms with Crippen molar-refractivity contribution in [1.29, 1.82) is 5.26 Å². The molecule has 0 spiro atoms. The smallest absolute Gasteiger partial charge is 0.343 e. The summed E-state index contributed by atoms with van der Waals surface area (Å²) in [5.41, 5.74) is 4.24. The zero-order chi connectivity index (χ0) is 27.2. The molecule has 0 N–H and O–H groups in total. The average molecular weight is 512 g/mol. The first-order valence-corrected chi connectivity index (χ1v) is 14.1. The molecule has 1 atom stereocenters. The lowest BCUT2D eigenvalue weighted by Crippen LogP contribution is -2.08. The van der Waals surface area contributed by atoms with Gasteiger partial charge in [-0.3, -0.25) is 0 Å². The van der Waals surface area contributed by atoms with Crippen LogP contribution < -0.4 is 9.47 Å². The maximum atomic E-state index is 12.7. The molecule has 200 valence electrons. The summed E-state index contributed by atoms with van der Waals surface area (Å²) in [5.74, 6) is 1.21. The first-order valence-electron chi connectivity index (χ1n) is 14.1. The van der Waals surface area contributed by atoms with Gasteiger partial charge in [-0.25, -0.2) is 4.79 Å². The SMILES string of the molecule is CCCCCCOc1ccc(OC(=O)c2ccc(-c3ccc([C@@H](C)CCCCCC)c(C#N)c3)cc2)cc1. The van der Waals surface area contributed by atoms with Gasteiger partial charge in [0, 0.05) is 0 Å². The predicted molar refractivity (Wildman–Crippen MR) is 155 cm³/mol. The standard InChI is InChI=1S/C34H41NO3/c1-4-6-8-10-12-26(3)33-22-17-29(24-30(33)25-35)27-13-15-28(16-14-27)34(36)38-32-20-18-31(19-21-32)37-23-11-9-7-5-2/h13-22,24,26H,4-12,23H2,1-3H3/t26-/m0/s1. The third kappa shape index (κ3) is 8.77. The highest BCUT2D eigenvalue weighted by Crippen LogP contribution is 2.30. The van der Waals surface area contributed by atoms with Crippen LogP contribution in [0.5, 0.6) is 11.5 Å². The molecule has 3 aromatic carbocycles. The average Bonchev–Trinajstić information content (AvgIpc) is 2.95. The molecule has 0 heterocycles. The summed E-state index contributed by atoms with van der Waals surface area (Å²) in [5, 5.41) is 9.78. The van der Waals surface area contributed by atoms with E-state index in [-0.39, 0.29) is 0 Å². The molecule has 0 fully saturated rings. The number of benzene rings is 3. The Labute approximate surface area is 228 Å². The number of hydrogen-bond donors (Lipinski definition) is 0. The second-order valence-corrected chi connectivity index (χ2v) is 10.0. The lowest BCUT2D eigenvalue weighted by molar-refractivity contribution is 0.0734. The van der Waals surface area contributed by atoms with Crippen LogP contribution in [0.1, 0.15) is 106 Å². The van der Waals surface area contributed by atoms with Crippen molar-refractivity contribution in [1.82, 2.24) is 0 Å². The Morgan fingerprint density at radius 2 is 1.42 bits per heavy atom. The molecule has 0 saturated carbocycles. The molecule has 4 heteroatoms. The van der Waals surface area contributed by atoms with Gasteiger partial charge in [0.2, 0.25) is 0 Å². The Balaban J connectivity index is 1.58. The highest BCUT2D eigenvalue weighted by Gasteiger charge is 2.13. The van der Waals surface area contributed by atoms with Gasteiger partial charge in [-0.1, -0.05) is 90.0 Å². The van der Waals surface area contributed by atoms with Crippen LogP contribution in [0.4, 0.5) is 0 Å². The van der Waals surface area contributed by atoms with Crippen molar-refractivity contribution in [2.24, 2.45) is 0 Å². The molecule has 3 aromatic rings. The molecule has 0 aliphatic rings. The summed E-state index contributed by atoms with van der Waals surface area (Å²) in [6.45, 7) is 7.31. The van der Waals surface area contributed by atoms with E-state index in [0.717, 1.165) is 40.8 Å². The van der Waals surface area contributed by atoms with Gasteiger partial charge in [-0.15, -0.1) is 0 Å². The summed E-state index contributed by atoms with van der Waals surface area (Å²) in [7, 11) is 0. The third-order valence-corrected chi connectivity index (χ3v) is 6.95. The number of hydrogen-bond acceptors (Lipinski definition) is 4. The molecular weight excluding hydrogens is 470 g/mol. The normalized spacial score (nSPS) is 11.5. The number of ether oxygens (including phenoxy) is 2. The molecule has 0 aliphatic heterocycles. The Kier molecular flexibility index (Phi) is 11.9. The molecule has 0 unspecified atom stereocenters. The number of nitriles is 1. The number of rotatable bonds is 15. The van der Waals surface area contributed by atoms with Crippen molar-refractivity contribution < 1.29 is 14.3 Å². The molecule has 4 nitrogen and oxygen atoms in total. The number of carbonyl (C=O) groups is 1. The fraction of sp³-hybridized carbons (Fsp3) is 0.412. The molecule has 3 rings (SSSR count). The van der Waals surface area contributed by atoms with E-state index in [1.807, 2.05) is 30.3 Å². The Bertz CT molecular complexity index is 1180. The molecule has 0 aliphatic carbocycles. The van der Waals surface area contributed by atoms with E-state index in [1.165, 1.54) is 44.9 Å². The van der Waals surface area contributed by atoms with E-state index in [4.69, 9.17) is 9.47 Å². The fourth-order valence-corrected chi connectivity index (χ4v) is 4.58. The molecule has 38 heavy (non-hydrogen) atoms. The highest BCUT2D eigenvalue weighted by atomic mass is 16.5. The molecule has 0 amide bonds. The van der Waals surface area contributed by atoms with Crippen molar-refractivity contribution in [3.05, 3.63) is 83.4 Å². The number of carbonyl (C=O) groups excluding carboxylic acids is 1. The van der Waals surface area contributed by atoms with Crippen molar-refractivity contribution >= 4 is 5.97 Å². The molecule has 0 saturated heterocycles. The summed E-state index contributed by atoms with van der Waals surface area (Å²) in [6, 6.07) is 23.0. The van der Waals surface area contributed by atoms with Crippen molar-refractivity contribution in [3.63, 3.8) is 0 Å². The lowest BCUT2D eigenvalue weighted by Gasteiger charge is -2.15. The topological polar surface area (TPSA) is 59.3 Å². The summed E-state index contributed by atoms with van der Waals surface area (Å²) in [6.07, 6.45) is 10.7. The van der Waals surface area contributed by atoms with Crippen LogP contribution in [-0.2, 0) is 0 Å². The first-order chi connectivity index (χ1) is 18.5. The lowest BCUT2D eigenvalue weighted by atomic mass is 9.89. The van der Waals surface area contributed by atoms with E-state index in [1.54, 1.807) is 24.3 Å². The van der Waals surface area contributed by atoms with E-state index in [0.29, 0.717) is 23.8 Å². The zero-order valence-corrected chi connectivity index (χ0v) is 23.2. The maximum absolute atomic E-state index is 12.7. The monoisotopic (exact) mass is 511 g/mol. The molecule has 0 bridgehead atoms. The third-order valence-electron chi connectivity index (χ3n) is 6.95. The van der Waals surface area contributed by atoms with Gasteiger partial charge in [0.05, 0.1) is 23.8 Å². The number of esters is 1. The van der Waals surface area contributed by atoms with Gasteiger partial charge in [0.25, 0.3) is 0 Å². The Morgan fingerprint density at radius 3 is 2.08 bits per heavy atom. The molecule has 0 aromatic heterocycles. The minimum atomic E-state index is -0.408. The zero-order valence-electron chi connectivity index (χ0n) is 23.2.